The Morgan fingerprint density at radius 1 is 0.546 bits per heavy atom. The summed E-state index contributed by atoms with van der Waals surface area (Å²) in [5.41, 5.74) is 2.11. The van der Waals surface area contributed by atoms with Gasteiger partial charge in [-0.25, -0.2) is 71.8 Å². The molecule has 0 aliphatic rings. The van der Waals surface area contributed by atoms with E-state index in [1.54, 1.807) is 42.1 Å². The number of benzene rings is 6. The highest BCUT2D eigenvalue weighted by atomic mass is 35.5. The molecule has 2 heterocycles. The number of hydrogen-bond donors (Lipinski definition) is 3. The molecule has 0 aliphatic heterocycles. The molecule has 6 aromatic carbocycles. The molecule has 0 radical (unpaired) electrons. The molecule has 0 aliphatic carbocycles. The monoisotopic (exact) mass is 1500 g/mol. The van der Waals surface area contributed by atoms with Gasteiger partial charge in [-0.05, 0) is 117 Å². The van der Waals surface area contributed by atoms with Crippen molar-refractivity contribution >= 4 is 88.4 Å². The van der Waals surface area contributed by atoms with Crippen LogP contribution in [0.15, 0.2) is 141 Å². The van der Waals surface area contributed by atoms with Gasteiger partial charge in [0.2, 0.25) is 30.1 Å². The zero-order chi connectivity index (χ0) is 71.8. The Hall–Kier alpha value is -5.79. The van der Waals surface area contributed by atoms with Gasteiger partial charge in [-0.2, -0.15) is 0 Å². The molecule has 17 nitrogen and oxygen atoms in total. The number of thioether (sulfide) groups is 2. The molecule has 0 saturated heterocycles. The van der Waals surface area contributed by atoms with Crippen LogP contribution in [-0.2, 0) is 52.4 Å². The maximum atomic E-state index is 15.5. The molecule has 2 aromatic heterocycles. The van der Waals surface area contributed by atoms with Gasteiger partial charge in [0.25, 0.3) is 0 Å². The van der Waals surface area contributed by atoms with Crippen LogP contribution < -0.4 is 24.1 Å². The van der Waals surface area contributed by atoms with Crippen LogP contribution in [0.1, 0.15) is 94.9 Å². The van der Waals surface area contributed by atoms with Crippen molar-refractivity contribution < 1.29 is 65.6 Å². The maximum Gasteiger partial charge on any atom is 0.240 e. The van der Waals surface area contributed by atoms with Crippen molar-refractivity contribution in [3.63, 3.8) is 0 Å². The van der Waals surface area contributed by atoms with E-state index in [9.17, 15) is 34.0 Å². The largest absolute Gasteiger partial charge is 0.495 e. The van der Waals surface area contributed by atoms with Crippen LogP contribution in [0.3, 0.4) is 0 Å². The molecule has 0 fully saturated rings. The zero-order valence-corrected chi connectivity index (χ0v) is 62.2. The van der Waals surface area contributed by atoms with Crippen LogP contribution in [0.25, 0.3) is 11.4 Å². The third-order valence-corrected chi connectivity index (χ3v) is 23.9. The third kappa shape index (κ3) is 19.0. The van der Waals surface area contributed by atoms with Gasteiger partial charge in [0.1, 0.15) is 33.9 Å². The summed E-state index contributed by atoms with van der Waals surface area (Å²) >= 11 is 21.3. The first kappa shape index (κ1) is 78.5. The summed E-state index contributed by atoms with van der Waals surface area (Å²) < 4.78 is 171. The normalized spacial score (nSPS) is 12.6. The Morgan fingerprint density at radius 3 is 1.49 bits per heavy atom. The van der Waals surface area contributed by atoms with Crippen LogP contribution in [0.2, 0.25) is 15.1 Å². The van der Waals surface area contributed by atoms with Gasteiger partial charge in [0.05, 0.1) is 117 Å². The minimum absolute atomic E-state index is 0.00444. The smallest absolute Gasteiger partial charge is 0.240 e. The molecule has 0 atom stereocenters. The molecule has 0 saturated carbocycles. The van der Waals surface area contributed by atoms with Gasteiger partial charge in [0, 0.05) is 76.2 Å². The lowest BCUT2D eigenvalue weighted by molar-refractivity contribution is -0.923. The number of sulfonamides is 3. The number of methoxy groups -OCH3 is 2. The Kier molecular flexibility index (Phi) is 26.1. The van der Waals surface area contributed by atoms with Crippen molar-refractivity contribution in [3.8, 4) is 22.9 Å². The number of quaternary nitrogens is 2. The molecule has 30 heteroatoms. The lowest BCUT2D eigenvalue weighted by atomic mass is 9.81. The van der Waals surface area contributed by atoms with Gasteiger partial charge >= 0.3 is 0 Å². The average Bonchev–Trinajstić information content (AvgIpc) is 1.70. The van der Waals surface area contributed by atoms with Crippen molar-refractivity contribution in [2.75, 3.05) is 81.2 Å². The van der Waals surface area contributed by atoms with Crippen molar-refractivity contribution in [2.45, 2.75) is 109 Å². The first-order valence-electron chi connectivity index (χ1n) is 30.7. The molecule has 526 valence electrons. The number of nitrogens with two attached hydrogens (primary N) is 1. The first-order chi connectivity index (χ1) is 45.4. The number of nitrogens with one attached hydrogen (secondary N) is 2. The zero-order valence-electron chi connectivity index (χ0n) is 55.8. The molecule has 0 amide bonds. The van der Waals surface area contributed by atoms with E-state index in [0.29, 0.717) is 62.4 Å². The summed E-state index contributed by atoms with van der Waals surface area (Å²) in [5, 5.41) is 6.45. The van der Waals surface area contributed by atoms with Crippen molar-refractivity contribution in [2.24, 2.45) is 5.14 Å². The second-order valence-corrected chi connectivity index (χ2v) is 33.1. The summed E-state index contributed by atoms with van der Waals surface area (Å²) in [6.07, 6.45) is 4.45. The van der Waals surface area contributed by atoms with Crippen LogP contribution in [0, 0.1) is 29.1 Å². The summed E-state index contributed by atoms with van der Waals surface area (Å²) in [6.45, 7) is 18.9. The Balaban J connectivity index is 0.000000273. The second kappa shape index (κ2) is 32.2. The molecule has 0 bridgehead atoms. The number of rotatable bonds is 30. The Bertz CT molecular complexity index is 4430. The highest BCUT2D eigenvalue weighted by molar-refractivity contribution is 7.98. The third-order valence-electron chi connectivity index (χ3n) is 17.0. The number of ether oxygens (including phenoxy) is 2. The van der Waals surface area contributed by atoms with Crippen molar-refractivity contribution in [3.05, 3.63) is 193 Å². The first-order valence-corrected chi connectivity index (χ1v) is 38.3. The number of nitrogens with zero attached hydrogens (tertiary/aromatic N) is 6. The fraction of sp³-hybridized carbons (Fsp3) is 0.373. The number of primary sulfonamides is 1. The van der Waals surface area contributed by atoms with Gasteiger partial charge in [0.15, 0.2) is 21.9 Å². The molecule has 8 rings (SSSR count). The Morgan fingerprint density at radius 2 is 1.01 bits per heavy atom. The van der Waals surface area contributed by atoms with Crippen LogP contribution >= 0.6 is 58.3 Å². The van der Waals surface area contributed by atoms with Crippen LogP contribution in [-0.4, -0.2) is 134 Å². The quantitative estimate of drug-likeness (QED) is 0.0166. The van der Waals surface area contributed by atoms with E-state index in [0.717, 1.165) is 71.9 Å². The summed E-state index contributed by atoms with van der Waals surface area (Å²) in [4.78, 5) is 8.19. The van der Waals surface area contributed by atoms with E-state index in [1.165, 1.54) is 73.6 Å². The summed E-state index contributed by atoms with van der Waals surface area (Å²) in [5.74, 6) is -3.58. The van der Waals surface area contributed by atoms with Gasteiger partial charge < -0.3 is 18.4 Å². The van der Waals surface area contributed by atoms with Crippen LogP contribution in [0.4, 0.5) is 22.0 Å². The van der Waals surface area contributed by atoms with E-state index < -0.39 is 69.1 Å². The van der Waals surface area contributed by atoms with Gasteiger partial charge in [-0.1, -0.05) is 98.2 Å². The predicted molar refractivity (Wildman–Crippen MR) is 375 cm³/mol. The SMILES string of the molecule is CC[N+](CC)(CC)CCCNS(=O)(=O)c1cc(F)c(CSc2ncc(C(C)(C)c3ccc(Cl)c(OC)c3)n2-c2ccc(F)cc2)c(Cl)c1.COc1cc(-n2c(C(C)(C)c3ccc(S(N)(=O)=O)c(Cl)c3)cnc2SCc2c(F)cc(S(=O)(=O)NCCC[N+](C)(C)C)cc2F)ccc1F. The van der Waals surface area contributed by atoms with Gasteiger partial charge in [-0.3, -0.25) is 9.13 Å². The van der Waals surface area contributed by atoms with Crippen molar-refractivity contribution in [1.82, 2.24) is 28.5 Å². The topological polar surface area (TPSA) is 207 Å². The fourth-order valence-electron chi connectivity index (χ4n) is 10.8. The summed E-state index contributed by atoms with van der Waals surface area (Å²) in [7, 11) is -3.46. The van der Waals surface area contributed by atoms with E-state index in [1.807, 2.05) is 65.5 Å². The minimum atomic E-state index is -4.17. The number of halogens is 8. The lowest BCUT2D eigenvalue weighted by Gasteiger charge is -2.35. The number of imidazole rings is 2. The standard InChI is InChI=1S/C35H43Cl2F2N4O3S2.C32H38ClF3N5O5S3/c1-7-43(8-2,9-3)18-10-17-41-48(44,45)27-20-30(37)28(31(39)21-27)23-47-34-40-22-33(42(34)26-14-12-25(38)13-15-26)35(4,5)24-11-16-29(36)32(19-24)46-6;1-32(2,20-8-11-29(24(33)14-20)48(37,42)43)30-18-38-31(40(30)21-9-10-25(34)28(15-21)46-6)47-19-23-26(35)16-22(17-27(23)36)49(44,45)39-12-7-13-41(3,4)5/h11-16,19-22,41H,7-10,17-18,23H2,1-6H3;8-11,14-18,39H,7,12-13,19H2,1-6H3,(H2,37,42,43)/q2*+1. The maximum absolute atomic E-state index is 15.5. The average molecular weight is 1500 g/mol. The minimum Gasteiger partial charge on any atom is -0.495 e. The molecule has 97 heavy (non-hydrogen) atoms. The van der Waals surface area contributed by atoms with Gasteiger partial charge in [-0.15, -0.1) is 0 Å². The molecule has 4 N–H and O–H groups in total. The number of aromatic nitrogens is 4. The van der Waals surface area contributed by atoms with E-state index in [4.69, 9.17) is 49.4 Å². The van der Waals surface area contributed by atoms with Crippen LogP contribution in [0.5, 0.6) is 11.5 Å². The molecule has 0 unspecified atom stereocenters. The molecule has 0 spiro atoms. The van der Waals surface area contributed by atoms with Crippen molar-refractivity contribution in [1.29, 1.82) is 0 Å². The second-order valence-electron chi connectivity index (χ2n) is 24.9. The lowest BCUT2D eigenvalue weighted by Crippen LogP contribution is -2.48. The molecular formula is C67H81Cl3F5N9O8S5+2. The molecular weight excluding hydrogens is 1420 g/mol. The predicted octanol–water partition coefficient (Wildman–Crippen LogP) is 14.2. The summed E-state index contributed by atoms with van der Waals surface area (Å²) in [6, 6.07) is 23.8. The molecule has 8 aromatic rings. The fourth-order valence-corrected chi connectivity index (χ4v) is 16.8. The number of hydrogen-bond acceptors (Lipinski definition) is 12. The Labute approximate surface area is 589 Å². The highest BCUT2D eigenvalue weighted by Crippen LogP contribution is 2.42. The highest BCUT2D eigenvalue weighted by Gasteiger charge is 2.34. The van der Waals surface area contributed by atoms with E-state index >= 15 is 13.2 Å². The van der Waals surface area contributed by atoms with E-state index in [2.05, 4.69) is 40.2 Å². The van der Waals surface area contributed by atoms with E-state index in [-0.39, 0.29) is 72.3 Å².